The number of aliphatic hydroxyl groups is 1. The van der Waals surface area contributed by atoms with Crippen LogP contribution < -0.4 is 21.3 Å². The second-order valence-electron chi connectivity index (χ2n) is 23.0. The van der Waals surface area contributed by atoms with E-state index in [4.69, 9.17) is 4.98 Å². The predicted molar refractivity (Wildman–Crippen MR) is 315 cm³/mol. The van der Waals surface area contributed by atoms with E-state index in [-0.39, 0.29) is 54.6 Å². The second kappa shape index (κ2) is 27.4. The van der Waals surface area contributed by atoms with Gasteiger partial charge in [0.2, 0.25) is 29.6 Å². The van der Waals surface area contributed by atoms with Crippen molar-refractivity contribution >= 4 is 52.5 Å². The highest BCUT2D eigenvalue weighted by Gasteiger charge is 2.45. The van der Waals surface area contributed by atoms with Crippen molar-refractivity contribution in [3.8, 4) is 21.7 Å². The van der Waals surface area contributed by atoms with Crippen molar-refractivity contribution in [3.63, 3.8) is 0 Å². The zero-order valence-electron chi connectivity index (χ0n) is 48.3. The van der Waals surface area contributed by atoms with Gasteiger partial charge in [-0.2, -0.15) is 0 Å². The summed E-state index contributed by atoms with van der Waals surface area (Å²) in [6.45, 7) is 17.1. The topological polar surface area (TPSA) is 230 Å². The molecule has 81 heavy (non-hydrogen) atoms. The van der Waals surface area contributed by atoms with Gasteiger partial charge in [-0.05, 0) is 99.9 Å². The molecule has 1 saturated heterocycles. The van der Waals surface area contributed by atoms with Gasteiger partial charge in [0, 0.05) is 92.6 Å². The Balaban J connectivity index is 0.690. The Morgan fingerprint density at radius 1 is 0.815 bits per heavy atom. The average molecular weight is 1120 g/mol. The molecule has 18 nitrogen and oxygen atoms in total. The summed E-state index contributed by atoms with van der Waals surface area (Å²) in [7, 11) is 0. The van der Waals surface area contributed by atoms with Gasteiger partial charge in [-0.1, -0.05) is 89.6 Å². The van der Waals surface area contributed by atoms with Gasteiger partial charge in [-0.15, -0.1) is 11.3 Å². The summed E-state index contributed by atoms with van der Waals surface area (Å²) in [5, 5.41) is 23.1. The first-order valence-electron chi connectivity index (χ1n) is 28.7. The molecule has 1 fully saturated rings. The van der Waals surface area contributed by atoms with E-state index >= 15 is 0 Å². The highest BCUT2D eigenvalue weighted by Crippen LogP contribution is 2.32. The molecule has 0 bridgehead atoms. The van der Waals surface area contributed by atoms with Gasteiger partial charge in [0.15, 0.2) is 0 Å². The number of nitrogens with zero attached hydrogens (tertiary/aromatic N) is 8. The molecular weight excluding hydrogens is 1040 g/mol. The Morgan fingerprint density at radius 3 is 2.22 bits per heavy atom. The number of aromatic nitrogens is 6. The maximum Gasteiger partial charge on any atom is 0.271 e. The van der Waals surface area contributed by atoms with Crippen LogP contribution in [0.4, 0.5) is 11.6 Å². The van der Waals surface area contributed by atoms with Crippen LogP contribution in [0.15, 0.2) is 84.8 Å². The molecule has 8 rings (SSSR count). The first-order chi connectivity index (χ1) is 38.8. The fourth-order valence-electron chi connectivity index (χ4n) is 10.7. The number of hydrogen-bond donors (Lipinski definition) is 5. The van der Waals surface area contributed by atoms with E-state index < -0.39 is 23.6 Å². The van der Waals surface area contributed by atoms with Crippen molar-refractivity contribution < 1.29 is 29.1 Å². The first kappa shape index (κ1) is 59.7. The van der Waals surface area contributed by atoms with Crippen LogP contribution in [0.5, 0.6) is 0 Å². The molecule has 430 valence electrons. The molecule has 5 N–H and O–H groups in total. The molecule has 0 aliphatic carbocycles. The van der Waals surface area contributed by atoms with Crippen molar-refractivity contribution in [1.82, 2.24) is 55.2 Å². The molecule has 5 unspecified atom stereocenters. The summed E-state index contributed by atoms with van der Waals surface area (Å²) in [5.41, 5.74) is 10.6. The van der Waals surface area contributed by atoms with E-state index in [0.29, 0.717) is 57.0 Å². The quantitative estimate of drug-likeness (QED) is 0.0338. The maximum atomic E-state index is 14.1. The van der Waals surface area contributed by atoms with Gasteiger partial charge in [-0.3, -0.25) is 33.9 Å². The fourth-order valence-corrected chi connectivity index (χ4v) is 11.5. The summed E-state index contributed by atoms with van der Waals surface area (Å²) in [4.78, 5) is 94.8. The monoisotopic (exact) mass is 1120 g/mol. The molecule has 2 aliphatic rings. The van der Waals surface area contributed by atoms with E-state index in [1.165, 1.54) is 4.90 Å². The third kappa shape index (κ3) is 16.0. The van der Waals surface area contributed by atoms with Crippen molar-refractivity contribution in [3.05, 3.63) is 124 Å². The SMILES string of the molecule is Cc1cccc(CN2C(=O)c3cc(-c4nc(Nc5ccnc(CCNC(=O)CCCCCCCCCCC(=O)NC(C(=O)N6CC(O)CC6C(=O)NC(C)c6ccc(-c7scnc7C)cc6)C(C)(C)C)c5)ncc4C)cn3CC2C)n1. The normalized spacial score (nSPS) is 16.9. The number of likely N-dealkylation sites (tertiary alicyclic amines) is 1. The number of aryl methyl sites for hydroxylation is 3. The number of aliphatic hydroxyl groups excluding tert-OH is 1. The summed E-state index contributed by atoms with van der Waals surface area (Å²) in [6.07, 6.45) is 13.5. The highest BCUT2D eigenvalue weighted by molar-refractivity contribution is 7.13. The molecule has 19 heteroatoms. The number of rotatable bonds is 25. The maximum absolute atomic E-state index is 14.1. The molecule has 0 radical (unpaired) electrons. The molecule has 5 atom stereocenters. The van der Waals surface area contributed by atoms with E-state index in [0.717, 1.165) is 106 Å². The average Bonchev–Trinajstić information content (AvgIpc) is 4.18. The van der Waals surface area contributed by atoms with Gasteiger partial charge in [0.1, 0.15) is 17.8 Å². The number of β-amino-alcohol motifs (C(OH)–C–C–N with tert-alkyl or cyclic N) is 1. The van der Waals surface area contributed by atoms with Gasteiger partial charge < -0.3 is 40.7 Å². The number of carbonyl (C=O) groups excluding carboxylic acids is 5. The van der Waals surface area contributed by atoms with Crippen molar-refractivity contribution in [2.24, 2.45) is 5.41 Å². The van der Waals surface area contributed by atoms with Gasteiger partial charge in [0.05, 0.1) is 46.2 Å². The minimum atomic E-state index is -0.869. The van der Waals surface area contributed by atoms with Crippen molar-refractivity contribution in [2.75, 3.05) is 18.4 Å². The van der Waals surface area contributed by atoms with Crippen LogP contribution in [0.25, 0.3) is 21.7 Å². The zero-order valence-corrected chi connectivity index (χ0v) is 49.1. The number of benzene rings is 1. The van der Waals surface area contributed by atoms with Crippen LogP contribution >= 0.6 is 11.3 Å². The Labute approximate surface area is 480 Å². The van der Waals surface area contributed by atoms with E-state index in [1.807, 2.05) is 130 Å². The van der Waals surface area contributed by atoms with Crippen LogP contribution in [0.3, 0.4) is 0 Å². The van der Waals surface area contributed by atoms with Gasteiger partial charge >= 0.3 is 0 Å². The lowest BCUT2D eigenvalue weighted by atomic mass is 9.85. The number of thiazole rings is 1. The van der Waals surface area contributed by atoms with Crippen LogP contribution in [-0.2, 0) is 38.7 Å². The molecule has 0 spiro atoms. The molecule has 5 amide bonds. The zero-order chi connectivity index (χ0) is 57.8. The fraction of sp³-hybridized carbons (Fsp3) is 0.484. The summed E-state index contributed by atoms with van der Waals surface area (Å²) in [5.74, 6) is -0.514. The third-order valence-corrected chi connectivity index (χ3v) is 16.3. The number of pyridine rings is 2. The van der Waals surface area contributed by atoms with Crippen molar-refractivity contribution in [1.29, 1.82) is 0 Å². The molecule has 6 aromatic rings. The Morgan fingerprint density at radius 2 is 1.53 bits per heavy atom. The number of fused-ring (bicyclic) bond motifs is 1. The molecule has 7 heterocycles. The Bertz CT molecular complexity index is 3150. The lowest BCUT2D eigenvalue weighted by Gasteiger charge is -2.35. The predicted octanol–water partition coefficient (Wildman–Crippen LogP) is 9.50. The lowest BCUT2D eigenvalue weighted by molar-refractivity contribution is -0.144. The number of nitrogens with one attached hydrogen (secondary N) is 4. The molecular formula is C62H80N12O6S. The molecule has 1 aromatic carbocycles. The van der Waals surface area contributed by atoms with Crippen LogP contribution in [0.2, 0.25) is 0 Å². The molecule has 2 aliphatic heterocycles. The molecule has 0 saturated carbocycles. The summed E-state index contributed by atoms with van der Waals surface area (Å²) >= 11 is 1.58. The van der Waals surface area contributed by atoms with Crippen LogP contribution in [-0.4, -0.2) is 111 Å². The van der Waals surface area contributed by atoms with Gasteiger partial charge in [-0.25, -0.2) is 15.0 Å². The van der Waals surface area contributed by atoms with E-state index in [2.05, 4.69) is 48.1 Å². The number of amides is 5. The number of anilines is 2. The smallest absolute Gasteiger partial charge is 0.271 e. The van der Waals surface area contributed by atoms with Crippen LogP contribution in [0.1, 0.15) is 156 Å². The van der Waals surface area contributed by atoms with Gasteiger partial charge in [0.25, 0.3) is 5.91 Å². The highest BCUT2D eigenvalue weighted by atomic mass is 32.1. The molecule has 5 aromatic heterocycles. The first-order valence-corrected chi connectivity index (χ1v) is 29.5. The number of unbranched alkanes of at least 4 members (excludes halogenated alkanes) is 7. The van der Waals surface area contributed by atoms with Crippen molar-refractivity contribution in [2.45, 2.75) is 176 Å². The Kier molecular flexibility index (Phi) is 20.2. The number of carbonyl (C=O) groups is 5. The standard InChI is InChI=1S/C62H80N12O6S/c1-39-33-65-61(71-55(39)46-30-52-59(79)73(41(3)34-72(52)35-46)36-49-19-17-18-40(2)67-49)69-48-27-28-63-47(31-48)26-29-64-53(76)20-15-13-11-9-10-12-14-16-21-54(77)70-57(62(6,7)8)60(80)74-37-50(75)32-51(74)58(78)68-42(4)44-22-24-45(25-23-44)56-43(5)66-38-81-56/h17-19,22-25,27-28,30-31,33,35,38,41-42,50-51,57,75H,9-16,20-21,26,29,32,34,36-37H2,1-8H3,(H,64,76)(H,68,78)(H,70,77)(H,63,65,69,71). The number of hydrogen-bond acceptors (Lipinski definition) is 13. The van der Waals surface area contributed by atoms with E-state index in [9.17, 15) is 29.1 Å². The minimum absolute atomic E-state index is 0.00510. The third-order valence-electron chi connectivity index (χ3n) is 15.3. The summed E-state index contributed by atoms with van der Waals surface area (Å²) in [6, 6.07) is 17.5. The van der Waals surface area contributed by atoms with E-state index in [1.54, 1.807) is 23.7 Å². The second-order valence-corrected chi connectivity index (χ2v) is 23.9. The minimum Gasteiger partial charge on any atom is -0.391 e. The summed E-state index contributed by atoms with van der Waals surface area (Å²) < 4.78 is 2.01. The lowest BCUT2D eigenvalue weighted by Crippen LogP contribution is -2.57. The Hall–Kier alpha value is -7.38. The largest absolute Gasteiger partial charge is 0.391 e. The van der Waals surface area contributed by atoms with Crippen LogP contribution in [0, 0.1) is 26.2 Å².